The maximum Gasteiger partial charge on any atom is 0.284 e. The third kappa shape index (κ3) is 3.72. The molecule has 5 heterocycles. The molecule has 1 aromatic carbocycles. The first-order chi connectivity index (χ1) is 16.8. The lowest BCUT2D eigenvalue weighted by Crippen LogP contribution is -2.53. The zero-order chi connectivity index (χ0) is 24.3. The highest BCUT2D eigenvalue weighted by atomic mass is 16.3. The van der Waals surface area contributed by atoms with Gasteiger partial charge in [0.25, 0.3) is 5.91 Å². The summed E-state index contributed by atoms with van der Waals surface area (Å²) in [4.78, 5) is 25.7. The Labute approximate surface area is 203 Å². The summed E-state index contributed by atoms with van der Waals surface area (Å²) in [7, 11) is 0. The summed E-state index contributed by atoms with van der Waals surface area (Å²) in [5, 5.41) is 3.40. The van der Waals surface area contributed by atoms with Gasteiger partial charge in [-0.1, -0.05) is 0 Å². The van der Waals surface area contributed by atoms with E-state index in [4.69, 9.17) is 10.2 Å². The van der Waals surface area contributed by atoms with Gasteiger partial charge in [-0.05, 0) is 57.5 Å². The number of furan rings is 1. The molecule has 9 heteroatoms. The lowest BCUT2D eigenvalue weighted by molar-refractivity contribution is 0.0974. The van der Waals surface area contributed by atoms with Gasteiger partial charge in [-0.3, -0.25) is 14.1 Å². The standard InChI is InChI=1S/C26H29N7O2/c1-26(2,3)33-14-19-11-20(33)13-32(19)18-6-4-17(5-7-18)30-24-25-28-8-9-31(25)21(12-29-24)16-10-22(23(27)34)35-15-16/h4-10,12,15,19-20H,11,13-14H2,1-3H3,(H2,27,34)(H,29,30)/t19-,20+/m0/s1. The van der Waals surface area contributed by atoms with E-state index in [0.717, 1.165) is 24.5 Å². The lowest BCUT2D eigenvalue weighted by Gasteiger charge is -2.42. The molecule has 0 radical (unpaired) electrons. The molecule has 0 aliphatic carbocycles. The van der Waals surface area contributed by atoms with E-state index in [-0.39, 0.29) is 11.3 Å². The van der Waals surface area contributed by atoms with Crippen LogP contribution >= 0.6 is 0 Å². The Hall–Kier alpha value is -3.85. The summed E-state index contributed by atoms with van der Waals surface area (Å²) in [5.74, 6) is 0.139. The smallest absolute Gasteiger partial charge is 0.284 e. The van der Waals surface area contributed by atoms with Crippen LogP contribution in [-0.4, -0.2) is 55.9 Å². The average molecular weight is 472 g/mol. The molecule has 1 amide bonds. The SMILES string of the molecule is CC(C)(C)N1C[C@@H]2C[C@@H]1CN2c1ccc(Nc2ncc(-c3coc(C(N)=O)c3)n3ccnc23)cc1. The Morgan fingerprint density at radius 3 is 2.60 bits per heavy atom. The highest BCUT2D eigenvalue weighted by molar-refractivity contribution is 5.91. The number of nitrogens with zero attached hydrogens (tertiary/aromatic N) is 5. The van der Waals surface area contributed by atoms with E-state index in [2.05, 4.69) is 70.1 Å². The van der Waals surface area contributed by atoms with Gasteiger partial charge in [-0.2, -0.15) is 0 Å². The predicted molar refractivity (Wildman–Crippen MR) is 135 cm³/mol. The molecule has 3 N–H and O–H groups in total. The fourth-order valence-corrected chi connectivity index (χ4v) is 5.50. The molecule has 2 aliphatic heterocycles. The molecule has 2 saturated heterocycles. The molecular formula is C26H29N7O2. The number of rotatable bonds is 5. The average Bonchev–Trinajstić information content (AvgIpc) is 3.62. The van der Waals surface area contributed by atoms with Crippen LogP contribution in [0.1, 0.15) is 37.7 Å². The Balaban J connectivity index is 1.20. The number of aromatic nitrogens is 3. The monoisotopic (exact) mass is 471 g/mol. The molecule has 35 heavy (non-hydrogen) atoms. The number of hydrogen-bond acceptors (Lipinski definition) is 7. The van der Waals surface area contributed by atoms with Crippen LogP contribution in [0.3, 0.4) is 0 Å². The molecule has 0 unspecified atom stereocenters. The number of benzene rings is 1. The zero-order valence-corrected chi connectivity index (χ0v) is 20.1. The van der Waals surface area contributed by atoms with Crippen LogP contribution < -0.4 is 16.0 Å². The largest absolute Gasteiger partial charge is 0.458 e. The summed E-state index contributed by atoms with van der Waals surface area (Å²) < 4.78 is 7.17. The van der Waals surface area contributed by atoms with E-state index in [0.29, 0.717) is 29.1 Å². The fraction of sp³-hybridized carbons (Fsp3) is 0.346. The van der Waals surface area contributed by atoms with Crippen LogP contribution in [0.25, 0.3) is 16.9 Å². The van der Waals surface area contributed by atoms with Crippen LogP contribution in [0.4, 0.5) is 17.2 Å². The van der Waals surface area contributed by atoms with Crippen molar-refractivity contribution >= 4 is 28.7 Å². The van der Waals surface area contributed by atoms with Gasteiger partial charge in [0.15, 0.2) is 17.2 Å². The molecule has 4 aromatic rings. The summed E-state index contributed by atoms with van der Waals surface area (Å²) in [6.45, 7) is 9.13. The number of hydrogen-bond donors (Lipinski definition) is 2. The van der Waals surface area contributed by atoms with Gasteiger partial charge in [0, 0.05) is 60.0 Å². The summed E-state index contributed by atoms with van der Waals surface area (Å²) in [5.41, 5.74) is 9.87. The number of nitrogens with one attached hydrogen (secondary N) is 1. The Kier molecular flexibility index (Phi) is 4.86. The van der Waals surface area contributed by atoms with Crippen molar-refractivity contribution in [2.45, 2.75) is 44.8 Å². The second kappa shape index (κ2) is 7.84. The van der Waals surface area contributed by atoms with Crippen LogP contribution in [-0.2, 0) is 0 Å². The van der Waals surface area contributed by atoms with Crippen molar-refractivity contribution in [2.75, 3.05) is 23.3 Å². The molecule has 0 spiro atoms. The Morgan fingerprint density at radius 2 is 1.94 bits per heavy atom. The quantitative estimate of drug-likeness (QED) is 0.455. The van der Waals surface area contributed by atoms with Gasteiger partial charge in [0.2, 0.25) is 0 Å². The molecule has 3 aromatic heterocycles. The number of fused-ring (bicyclic) bond motifs is 3. The number of imidazole rings is 1. The summed E-state index contributed by atoms with van der Waals surface area (Å²) in [6.07, 6.45) is 8.02. The lowest BCUT2D eigenvalue weighted by atomic mass is 10.0. The van der Waals surface area contributed by atoms with E-state index in [1.807, 2.05) is 10.6 Å². The van der Waals surface area contributed by atoms with Gasteiger partial charge >= 0.3 is 0 Å². The number of likely N-dealkylation sites (tertiary alicyclic amines) is 1. The minimum Gasteiger partial charge on any atom is -0.458 e. The molecule has 6 rings (SSSR count). The van der Waals surface area contributed by atoms with Crippen LogP contribution in [0, 0.1) is 0 Å². The first-order valence-electron chi connectivity index (χ1n) is 11.9. The van der Waals surface area contributed by atoms with Gasteiger partial charge in [-0.25, -0.2) is 9.97 Å². The van der Waals surface area contributed by atoms with E-state index in [1.165, 1.54) is 18.4 Å². The number of anilines is 3. The Bertz CT molecular complexity index is 1400. The Morgan fingerprint density at radius 1 is 1.14 bits per heavy atom. The number of nitrogens with two attached hydrogens (primary N) is 1. The van der Waals surface area contributed by atoms with E-state index in [9.17, 15) is 4.79 Å². The topological polar surface area (TPSA) is 105 Å². The first-order valence-corrected chi connectivity index (χ1v) is 11.9. The molecule has 2 aliphatic rings. The maximum atomic E-state index is 11.4. The van der Waals surface area contributed by atoms with E-state index in [1.54, 1.807) is 18.5 Å². The van der Waals surface area contributed by atoms with Crippen molar-refractivity contribution in [3.05, 3.63) is 60.9 Å². The minimum absolute atomic E-state index is 0.105. The second-order valence-electron chi connectivity index (χ2n) is 10.4. The third-order valence-corrected chi connectivity index (χ3v) is 7.13. The predicted octanol–water partition coefficient (Wildman–Crippen LogP) is 3.89. The van der Waals surface area contributed by atoms with Crippen molar-refractivity contribution in [3.8, 4) is 11.3 Å². The molecule has 2 atom stereocenters. The molecule has 2 fully saturated rings. The number of carbonyl (C=O) groups is 1. The van der Waals surface area contributed by atoms with Crippen molar-refractivity contribution in [2.24, 2.45) is 5.73 Å². The third-order valence-electron chi connectivity index (χ3n) is 7.13. The summed E-state index contributed by atoms with van der Waals surface area (Å²) >= 11 is 0. The maximum absolute atomic E-state index is 11.4. The normalized spacial score (nSPS) is 20.1. The number of primary amides is 1. The van der Waals surface area contributed by atoms with Crippen LogP contribution in [0.15, 0.2) is 59.6 Å². The molecule has 0 saturated carbocycles. The van der Waals surface area contributed by atoms with Crippen molar-refractivity contribution < 1.29 is 9.21 Å². The highest BCUT2D eigenvalue weighted by Crippen LogP contribution is 2.38. The minimum atomic E-state index is -0.610. The number of carbonyl (C=O) groups excluding carboxylic acids is 1. The van der Waals surface area contributed by atoms with Gasteiger partial charge in [0.05, 0.1) is 11.9 Å². The van der Waals surface area contributed by atoms with Crippen LogP contribution in [0.2, 0.25) is 0 Å². The van der Waals surface area contributed by atoms with Gasteiger partial charge in [-0.15, -0.1) is 0 Å². The van der Waals surface area contributed by atoms with E-state index < -0.39 is 5.91 Å². The highest BCUT2D eigenvalue weighted by Gasteiger charge is 2.46. The zero-order valence-electron chi connectivity index (χ0n) is 20.1. The van der Waals surface area contributed by atoms with E-state index >= 15 is 0 Å². The molecule has 180 valence electrons. The van der Waals surface area contributed by atoms with Crippen molar-refractivity contribution in [1.82, 2.24) is 19.3 Å². The fourth-order valence-electron chi connectivity index (χ4n) is 5.50. The van der Waals surface area contributed by atoms with Gasteiger partial charge < -0.3 is 20.4 Å². The second-order valence-corrected chi connectivity index (χ2v) is 10.4. The number of piperazine rings is 1. The van der Waals surface area contributed by atoms with Crippen molar-refractivity contribution in [1.29, 1.82) is 0 Å². The van der Waals surface area contributed by atoms with Gasteiger partial charge in [0.1, 0.15) is 6.26 Å². The molecular weight excluding hydrogens is 442 g/mol. The summed E-state index contributed by atoms with van der Waals surface area (Å²) in [6, 6.07) is 11.4. The van der Waals surface area contributed by atoms with Crippen LogP contribution in [0.5, 0.6) is 0 Å². The molecule has 9 nitrogen and oxygen atoms in total. The number of amides is 1. The first kappa shape index (κ1) is 21.7. The van der Waals surface area contributed by atoms with Crippen molar-refractivity contribution in [3.63, 3.8) is 0 Å². The molecule has 2 bridgehead atoms.